The van der Waals surface area contributed by atoms with E-state index >= 15 is 0 Å². The Kier molecular flexibility index (Phi) is 3.95. The standard InChI is InChI=1S/C18H16F4N2O3/c19-11-3-1-10(2-4-11)14-15-12(16(9-27-15)7-26-8-16)5-13(24-14)17(25,6-23)18(20,21)22/h1-5,25H,6-9,23H2/t17-/m0/s1. The van der Waals surface area contributed by atoms with E-state index < -0.39 is 35.2 Å². The highest BCUT2D eigenvalue weighted by molar-refractivity contribution is 5.71. The molecule has 0 radical (unpaired) electrons. The van der Waals surface area contributed by atoms with Gasteiger partial charge in [-0.3, -0.25) is 0 Å². The molecule has 0 amide bonds. The first kappa shape index (κ1) is 18.1. The highest BCUT2D eigenvalue weighted by Gasteiger charge is 2.57. The normalized spacial score (nSPS) is 19.9. The third kappa shape index (κ3) is 2.60. The maximum absolute atomic E-state index is 13.5. The van der Waals surface area contributed by atoms with Gasteiger partial charge in [0, 0.05) is 17.7 Å². The van der Waals surface area contributed by atoms with E-state index in [-0.39, 0.29) is 12.3 Å². The highest BCUT2D eigenvalue weighted by Crippen LogP contribution is 2.49. The van der Waals surface area contributed by atoms with Gasteiger partial charge in [-0.15, -0.1) is 0 Å². The van der Waals surface area contributed by atoms with E-state index in [1.165, 1.54) is 30.3 Å². The molecule has 0 aliphatic carbocycles. The van der Waals surface area contributed by atoms with Gasteiger partial charge in [0.25, 0.3) is 0 Å². The number of halogens is 4. The highest BCUT2D eigenvalue weighted by atomic mass is 19.4. The van der Waals surface area contributed by atoms with E-state index in [0.717, 1.165) is 0 Å². The van der Waals surface area contributed by atoms with Crippen molar-refractivity contribution in [1.82, 2.24) is 4.98 Å². The Balaban J connectivity index is 1.95. The fourth-order valence-electron chi connectivity index (χ4n) is 3.33. The number of rotatable bonds is 3. The van der Waals surface area contributed by atoms with Crippen LogP contribution in [0.4, 0.5) is 17.6 Å². The molecule has 0 unspecified atom stereocenters. The minimum atomic E-state index is -5.02. The number of aromatic nitrogens is 1. The molecular weight excluding hydrogens is 368 g/mol. The SMILES string of the molecule is NC[C@](O)(c1cc2c(c(-c3ccc(F)cc3)n1)OCC21COC1)C(F)(F)F. The van der Waals surface area contributed by atoms with E-state index in [1.807, 2.05) is 0 Å². The van der Waals surface area contributed by atoms with E-state index in [4.69, 9.17) is 15.2 Å². The second-order valence-electron chi connectivity index (χ2n) is 6.86. The number of fused-ring (bicyclic) bond motifs is 2. The molecule has 9 heteroatoms. The molecule has 1 spiro atoms. The van der Waals surface area contributed by atoms with Crippen LogP contribution in [0.5, 0.6) is 5.75 Å². The Morgan fingerprint density at radius 3 is 2.33 bits per heavy atom. The van der Waals surface area contributed by atoms with Crippen LogP contribution in [0.1, 0.15) is 11.3 Å². The fraction of sp³-hybridized carbons (Fsp3) is 0.389. The molecule has 0 saturated carbocycles. The maximum atomic E-state index is 13.5. The Bertz CT molecular complexity index is 881. The van der Waals surface area contributed by atoms with E-state index in [9.17, 15) is 22.7 Å². The number of hydrogen-bond acceptors (Lipinski definition) is 5. The summed E-state index contributed by atoms with van der Waals surface area (Å²) in [5.41, 5.74) is 1.71. The van der Waals surface area contributed by atoms with Crippen LogP contribution >= 0.6 is 0 Å². The van der Waals surface area contributed by atoms with Crippen molar-refractivity contribution < 1.29 is 32.1 Å². The van der Waals surface area contributed by atoms with Gasteiger partial charge in [-0.2, -0.15) is 13.2 Å². The summed E-state index contributed by atoms with van der Waals surface area (Å²) < 4.78 is 64.9. The number of nitrogens with two attached hydrogens (primary N) is 1. The Labute approximate surface area is 151 Å². The molecule has 3 N–H and O–H groups in total. The monoisotopic (exact) mass is 384 g/mol. The van der Waals surface area contributed by atoms with Crippen LogP contribution in [0.15, 0.2) is 30.3 Å². The second-order valence-corrected chi connectivity index (χ2v) is 6.86. The van der Waals surface area contributed by atoms with Crippen LogP contribution in [0.2, 0.25) is 0 Å². The van der Waals surface area contributed by atoms with Crippen molar-refractivity contribution in [2.24, 2.45) is 5.73 Å². The maximum Gasteiger partial charge on any atom is 0.424 e. The van der Waals surface area contributed by atoms with Gasteiger partial charge < -0.3 is 20.3 Å². The van der Waals surface area contributed by atoms with Gasteiger partial charge in [-0.25, -0.2) is 9.37 Å². The summed E-state index contributed by atoms with van der Waals surface area (Å²) in [5, 5.41) is 10.3. The first-order valence-corrected chi connectivity index (χ1v) is 8.22. The second kappa shape index (κ2) is 5.88. The van der Waals surface area contributed by atoms with Gasteiger partial charge in [0.2, 0.25) is 5.60 Å². The molecule has 1 saturated heterocycles. The third-order valence-electron chi connectivity index (χ3n) is 5.10. The molecule has 27 heavy (non-hydrogen) atoms. The van der Waals surface area contributed by atoms with Crippen LogP contribution in [-0.4, -0.2) is 42.6 Å². The van der Waals surface area contributed by atoms with Crippen molar-refractivity contribution in [3.63, 3.8) is 0 Å². The van der Waals surface area contributed by atoms with Crippen molar-refractivity contribution in [3.8, 4) is 17.0 Å². The number of alkyl halides is 3. The molecular formula is C18H16F4N2O3. The Morgan fingerprint density at radius 1 is 1.15 bits per heavy atom. The lowest BCUT2D eigenvalue weighted by atomic mass is 9.79. The summed E-state index contributed by atoms with van der Waals surface area (Å²) >= 11 is 0. The number of hydrogen-bond donors (Lipinski definition) is 2. The van der Waals surface area contributed by atoms with E-state index in [0.29, 0.717) is 30.1 Å². The number of benzene rings is 1. The van der Waals surface area contributed by atoms with Crippen LogP contribution < -0.4 is 10.5 Å². The van der Waals surface area contributed by atoms with Crippen molar-refractivity contribution in [1.29, 1.82) is 0 Å². The Hall–Kier alpha value is -2.23. The lowest BCUT2D eigenvalue weighted by Gasteiger charge is -2.37. The molecule has 2 aliphatic heterocycles. The van der Waals surface area contributed by atoms with Gasteiger partial charge in [-0.05, 0) is 30.3 Å². The smallest absolute Gasteiger partial charge is 0.424 e. The number of nitrogens with zero attached hydrogens (tertiary/aromatic N) is 1. The largest absolute Gasteiger partial charge is 0.490 e. The lowest BCUT2D eigenvalue weighted by molar-refractivity contribution is -0.263. The summed E-state index contributed by atoms with van der Waals surface area (Å²) in [6.07, 6.45) is -5.02. The van der Waals surface area contributed by atoms with Gasteiger partial charge in [0.05, 0.1) is 24.3 Å². The van der Waals surface area contributed by atoms with Crippen molar-refractivity contribution in [2.45, 2.75) is 17.2 Å². The summed E-state index contributed by atoms with van der Waals surface area (Å²) in [4.78, 5) is 4.04. The summed E-state index contributed by atoms with van der Waals surface area (Å²) in [6.45, 7) is -0.275. The first-order chi connectivity index (χ1) is 12.7. The average Bonchev–Trinajstić information content (AvgIpc) is 3.00. The zero-order chi connectivity index (χ0) is 19.4. The number of pyridine rings is 1. The van der Waals surface area contributed by atoms with Crippen LogP contribution in [0.3, 0.4) is 0 Å². The van der Waals surface area contributed by atoms with Gasteiger partial charge >= 0.3 is 6.18 Å². The van der Waals surface area contributed by atoms with Crippen LogP contribution in [-0.2, 0) is 15.8 Å². The summed E-state index contributed by atoms with van der Waals surface area (Å²) in [5.74, 6) is -0.180. The minimum absolute atomic E-state index is 0.0994. The van der Waals surface area contributed by atoms with E-state index in [2.05, 4.69) is 4.98 Å². The predicted molar refractivity (Wildman–Crippen MR) is 86.6 cm³/mol. The summed E-state index contributed by atoms with van der Waals surface area (Å²) in [6, 6.07) is 6.32. The molecule has 4 rings (SSSR count). The van der Waals surface area contributed by atoms with Crippen LogP contribution in [0.25, 0.3) is 11.3 Å². The van der Waals surface area contributed by atoms with E-state index in [1.54, 1.807) is 0 Å². The number of ether oxygens (including phenoxy) is 2. The molecule has 0 bridgehead atoms. The molecule has 1 aromatic heterocycles. The molecule has 1 atom stereocenters. The third-order valence-corrected chi connectivity index (χ3v) is 5.10. The van der Waals surface area contributed by atoms with Crippen LogP contribution in [0, 0.1) is 5.82 Å². The van der Waals surface area contributed by atoms with Crippen molar-refractivity contribution >= 4 is 0 Å². The van der Waals surface area contributed by atoms with Crippen molar-refractivity contribution in [3.05, 3.63) is 47.4 Å². The number of aliphatic hydroxyl groups is 1. The molecule has 1 aromatic carbocycles. The lowest BCUT2D eigenvalue weighted by Crippen LogP contribution is -2.50. The topological polar surface area (TPSA) is 77.6 Å². The van der Waals surface area contributed by atoms with Gasteiger partial charge in [-0.1, -0.05) is 0 Å². The minimum Gasteiger partial charge on any atom is -0.490 e. The summed E-state index contributed by atoms with van der Waals surface area (Å²) in [7, 11) is 0. The molecule has 144 valence electrons. The molecule has 1 fully saturated rings. The molecule has 5 nitrogen and oxygen atoms in total. The fourth-order valence-corrected chi connectivity index (χ4v) is 3.33. The molecule has 2 aliphatic rings. The van der Waals surface area contributed by atoms with Crippen molar-refractivity contribution in [2.75, 3.05) is 26.4 Å². The van der Waals surface area contributed by atoms with Gasteiger partial charge in [0.1, 0.15) is 23.9 Å². The zero-order valence-electron chi connectivity index (χ0n) is 14.0. The Morgan fingerprint density at radius 2 is 1.81 bits per heavy atom. The average molecular weight is 384 g/mol. The zero-order valence-corrected chi connectivity index (χ0v) is 14.0. The quantitative estimate of drug-likeness (QED) is 0.794. The first-order valence-electron chi connectivity index (χ1n) is 8.22. The molecule has 2 aromatic rings. The van der Waals surface area contributed by atoms with Gasteiger partial charge in [0.15, 0.2) is 0 Å². The predicted octanol–water partition coefficient (Wildman–Crippen LogP) is 2.26. The molecule has 3 heterocycles.